The molecule has 0 saturated carbocycles. The lowest BCUT2D eigenvalue weighted by Gasteiger charge is -2.21. The molecule has 0 aliphatic heterocycles. The van der Waals surface area contributed by atoms with Crippen molar-refractivity contribution in [3.63, 3.8) is 0 Å². The lowest BCUT2D eigenvalue weighted by atomic mass is 10.0. The van der Waals surface area contributed by atoms with Crippen molar-refractivity contribution >= 4 is 0 Å². The van der Waals surface area contributed by atoms with Crippen molar-refractivity contribution in [2.24, 2.45) is 7.05 Å². The van der Waals surface area contributed by atoms with Gasteiger partial charge in [-0.15, -0.1) is 5.10 Å². The summed E-state index contributed by atoms with van der Waals surface area (Å²) in [5.41, 5.74) is -0.204. The Hall–Kier alpha value is -0.940. The largest absolute Gasteiger partial charge is 0.382 e. The van der Waals surface area contributed by atoms with Crippen LogP contribution in [0, 0.1) is 0 Å². The van der Waals surface area contributed by atoms with Crippen LogP contribution in [0.3, 0.4) is 0 Å². The van der Waals surface area contributed by atoms with Gasteiger partial charge in [0.25, 0.3) is 0 Å². The molecule has 1 unspecified atom stereocenters. The standard InChI is InChI=1S/C7H14N4O/c1-7(12,5-8-2)6-4-9-10-11(6)3/h4,8,12H,5H2,1-3H3. The van der Waals surface area contributed by atoms with Gasteiger partial charge < -0.3 is 10.4 Å². The average Bonchev–Trinajstić information content (AvgIpc) is 2.35. The summed E-state index contributed by atoms with van der Waals surface area (Å²) < 4.78 is 1.57. The van der Waals surface area contributed by atoms with Crippen LogP contribution in [0.1, 0.15) is 12.6 Å². The van der Waals surface area contributed by atoms with Crippen molar-refractivity contribution in [1.29, 1.82) is 0 Å². The first-order chi connectivity index (χ1) is 5.58. The second kappa shape index (κ2) is 3.20. The van der Waals surface area contributed by atoms with Gasteiger partial charge in [0.2, 0.25) is 0 Å². The molecule has 0 saturated heterocycles. The van der Waals surface area contributed by atoms with Crippen molar-refractivity contribution in [2.75, 3.05) is 13.6 Å². The van der Waals surface area contributed by atoms with Gasteiger partial charge in [0.1, 0.15) is 5.60 Å². The molecule has 0 aromatic carbocycles. The first-order valence-electron chi connectivity index (χ1n) is 3.80. The van der Waals surface area contributed by atoms with Crippen molar-refractivity contribution in [2.45, 2.75) is 12.5 Å². The van der Waals surface area contributed by atoms with Gasteiger partial charge in [0.05, 0.1) is 11.9 Å². The highest BCUT2D eigenvalue weighted by atomic mass is 16.3. The van der Waals surface area contributed by atoms with Crippen molar-refractivity contribution in [3.05, 3.63) is 11.9 Å². The zero-order valence-electron chi connectivity index (χ0n) is 7.57. The minimum Gasteiger partial charge on any atom is -0.382 e. The monoisotopic (exact) mass is 170 g/mol. The fraction of sp³-hybridized carbons (Fsp3) is 0.714. The maximum Gasteiger partial charge on any atom is 0.117 e. The third-order valence-corrected chi connectivity index (χ3v) is 1.79. The van der Waals surface area contributed by atoms with Gasteiger partial charge in [-0.05, 0) is 14.0 Å². The van der Waals surface area contributed by atoms with E-state index in [1.54, 1.807) is 31.9 Å². The number of likely N-dealkylation sites (N-methyl/N-ethyl adjacent to an activating group) is 1. The maximum absolute atomic E-state index is 9.89. The number of nitrogens with one attached hydrogen (secondary N) is 1. The summed E-state index contributed by atoms with van der Waals surface area (Å²) in [6, 6.07) is 0. The summed E-state index contributed by atoms with van der Waals surface area (Å²) in [5.74, 6) is 0. The van der Waals surface area contributed by atoms with E-state index in [4.69, 9.17) is 0 Å². The second-order valence-electron chi connectivity index (χ2n) is 3.05. The molecule has 0 bridgehead atoms. The zero-order chi connectivity index (χ0) is 9.19. The van der Waals surface area contributed by atoms with Crippen LogP contribution < -0.4 is 5.32 Å². The summed E-state index contributed by atoms with van der Waals surface area (Å²) in [7, 11) is 3.55. The van der Waals surface area contributed by atoms with Crippen molar-refractivity contribution in [1.82, 2.24) is 20.3 Å². The van der Waals surface area contributed by atoms with Crippen LogP contribution in [0.5, 0.6) is 0 Å². The predicted molar refractivity (Wildman–Crippen MR) is 44.5 cm³/mol. The van der Waals surface area contributed by atoms with E-state index in [-0.39, 0.29) is 0 Å². The first-order valence-corrected chi connectivity index (χ1v) is 3.80. The molecule has 0 amide bonds. The molecule has 0 aliphatic carbocycles. The number of nitrogens with zero attached hydrogens (tertiary/aromatic N) is 3. The van der Waals surface area contributed by atoms with E-state index in [2.05, 4.69) is 15.6 Å². The molecule has 1 rings (SSSR count). The fourth-order valence-electron chi connectivity index (χ4n) is 1.21. The van der Waals surface area contributed by atoms with Gasteiger partial charge in [-0.2, -0.15) is 0 Å². The Kier molecular flexibility index (Phi) is 2.44. The Labute approximate surface area is 71.4 Å². The van der Waals surface area contributed by atoms with E-state index in [1.165, 1.54) is 0 Å². The molecular weight excluding hydrogens is 156 g/mol. The summed E-state index contributed by atoms with van der Waals surface area (Å²) >= 11 is 0. The molecule has 68 valence electrons. The number of hydrogen-bond donors (Lipinski definition) is 2. The van der Waals surface area contributed by atoms with Gasteiger partial charge in [-0.3, -0.25) is 0 Å². The van der Waals surface area contributed by atoms with Crippen LogP contribution in [-0.4, -0.2) is 33.7 Å². The van der Waals surface area contributed by atoms with Crippen molar-refractivity contribution in [3.8, 4) is 0 Å². The highest BCUT2D eigenvalue weighted by Crippen LogP contribution is 2.16. The molecular formula is C7H14N4O. The molecule has 0 spiro atoms. The number of hydrogen-bond acceptors (Lipinski definition) is 4. The van der Waals surface area contributed by atoms with E-state index in [0.717, 1.165) is 0 Å². The Morgan fingerprint density at radius 1 is 1.75 bits per heavy atom. The number of rotatable bonds is 3. The van der Waals surface area contributed by atoms with Crippen LogP contribution in [0.4, 0.5) is 0 Å². The van der Waals surface area contributed by atoms with Crippen LogP contribution in [-0.2, 0) is 12.6 Å². The Balaban J connectivity index is 2.88. The number of aliphatic hydroxyl groups is 1. The third-order valence-electron chi connectivity index (χ3n) is 1.79. The van der Waals surface area contributed by atoms with Crippen LogP contribution in [0.25, 0.3) is 0 Å². The number of aryl methyl sites for hydroxylation is 1. The first kappa shape index (κ1) is 9.15. The number of aromatic nitrogens is 3. The molecule has 1 aromatic heterocycles. The molecule has 0 radical (unpaired) electrons. The highest BCUT2D eigenvalue weighted by Gasteiger charge is 2.25. The van der Waals surface area contributed by atoms with Gasteiger partial charge >= 0.3 is 0 Å². The predicted octanol–water partition coefficient (Wildman–Crippen LogP) is -0.758. The zero-order valence-corrected chi connectivity index (χ0v) is 7.57. The highest BCUT2D eigenvalue weighted by molar-refractivity contribution is 5.06. The SMILES string of the molecule is CNCC(C)(O)c1cnnn1C. The molecule has 2 N–H and O–H groups in total. The lowest BCUT2D eigenvalue weighted by Crippen LogP contribution is -2.35. The molecule has 5 heteroatoms. The van der Waals surface area contributed by atoms with Crippen LogP contribution in [0.15, 0.2) is 6.20 Å². The molecule has 1 aromatic rings. The van der Waals surface area contributed by atoms with Gasteiger partial charge in [-0.1, -0.05) is 5.21 Å². The van der Waals surface area contributed by atoms with Gasteiger partial charge in [0.15, 0.2) is 0 Å². The minimum atomic E-state index is -0.910. The fourth-order valence-corrected chi connectivity index (χ4v) is 1.21. The van der Waals surface area contributed by atoms with Crippen LogP contribution in [0.2, 0.25) is 0 Å². The van der Waals surface area contributed by atoms with E-state index >= 15 is 0 Å². The molecule has 12 heavy (non-hydrogen) atoms. The van der Waals surface area contributed by atoms with E-state index in [9.17, 15) is 5.11 Å². The average molecular weight is 170 g/mol. The third kappa shape index (κ3) is 1.62. The Bertz CT molecular complexity index is 256. The topological polar surface area (TPSA) is 63.0 Å². The van der Waals surface area contributed by atoms with Gasteiger partial charge in [-0.25, -0.2) is 4.68 Å². The molecule has 0 fully saturated rings. The Morgan fingerprint density at radius 2 is 2.42 bits per heavy atom. The summed E-state index contributed by atoms with van der Waals surface area (Å²) in [4.78, 5) is 0. The van der Waals surface area contributed by atoms with Gasteiger partial charge in [0, 0.05) is 13.6 Å². The van der Waals surface area contributed by atoms with Crippen molar-refractivity contribution < 1.29 is 5.11 Å². The summed E-state index contributed by atoms with van der Waals surface area (Å²) in [6.45, 7) is 2.20. The molecule has 5 nitrogen and oxygen atoms in total. The van der Waals surface area contributed by atoms with E-state index in [1.807, 2.05) is 0 Å². The second-order valence-corrected chi connectivity index (χ2v) is 3.05. The molecule has 0 aliphatic rings. The molecule has 1 atom stereocenters. The summed E-state index contributed by atoms with van der Waals surface area (Å²) in [6.07, 6.45) is 1.57. The minimum absolute atomic E-state index is 0.480. The summed E-state index contributed by atoms with van der Waals surface area (Å²) in [5, 5.41) is 20.2. The van der Waals surface area contributed by atoms with E-state index < -0.39 is 5.60 Å². The Morgan fingerprint density at radius 3 is 2.83 bits per heavy atom. The maximum atomic E-state index is 9.89. The smallest absolute Gasteiger partial charge is 0.117 e. The normalized spacial score (nSPS) is 16.0. The van der Waals surface area contributed by atoms with E-state index in [0.29, 0.717) is 12.2 Å². The van der Waals surface area contributed by atoms with Crippen LogP contribution >= 0.6 is 0 Å². The quantitative estimate of drug-likeness (QED) is 0.626. The molecule has 1 heterocycles. The lowest BCUT2D eigenvalue weighted by molar-refractivity contribution is 0.0506.